The largest absolute Gasteiger partial charge is 0.296 e. The van der Waals surface area contributed by atoms with Gasteiger partial charge in [0.1, 0.15) is 0 Å². The first-order chi connectivity index (χ1) is 8.29. The second kappa shape index (κ2) is 6.36. The lowest BCUT2D eigenvalue weighted by Crippen LogP contribution is -2.40. The highest BCUT2D eigenvalue weighted by atomic mass is 35.5. The van der Waals surface area contributed by atoms with Gasteiger partial charge >= 0.3 is 0 Å². The molecule has 1 saturated carbocycles. The minimum atomic E-state index is 0.759. The van der Waals surface area contributed by atoms with Crippen molar-refractivity contribution in [2.75, 3.05) is 12.4 Å². The summed E-state index contributed by atoms with van der Waals surface area (Å²) in [5.74, 6) is 0.759. The second-order valence-electron chi connectivity index (χ2n) is 4.97. The maximum atomic E-state index is 5.80. The number of nitrogens with zero attached hydrogens (tertiary/aromatic N) is 2. The van der Waals surface area contributed by atoms with E-state index in [0.29, 0.717) is 0 Å². The quantitative estimate of drug-likeness (QED) is 0.722. The van der Waals surface area contributed by atoms with Crippen molar-refractivity contribution in [3.63, 3.8) is 0 Å². The van der Waals surface area contributed by atoms with Gasteiger partial charge in [-0.25, -0.2) is 0 Å². The molecule has 0 radical (unpaired) electrons. The van der Waals surface area contributed by atoms with Gasteiger partial charge in [-0.1, -0.05) is 12.5 Å². The van der Waals surface area contributed by atoms with Gasteiger partial charge in [-0.15, -0.1) is 11.6 Å². The van der Waals surface area contributed by atoms with Crippen LogP contribution in [-0.4, -0.2) is 28.4 Å². The van der Waals surface area contributed by atoms with E-state index >= 15 is 0 Å². The SMILES string of the molecule is Cc1cncc(CN(CCCCl)C2CCC2)c1. The molecule has 0 aliphatic heterocycles. The Labute approximate surface area is 109 Å². The molecule has 0 spiro atoms. The van der Waals surface area contributed by atoms with Crippen LogP contribution in [0.2, 0.25) is 0 Å². The Morgan fingerprint density at radius 1 is 1.41 bits per heavy atom. The van der Waals surface area contributed by atoms with Gasteiger partial charge in [-0.2, -0.15) is 0 Å². The predicted molar refractivity (Wildman–Crippen MR) is 72.4 cm³/mol. The van der Waals surface area contributed by atoms with Crippen LogP contribution in [0.1, 0.15) is 36.8 Å². The first-order valence-electron chi connectivity index (χ1n) is 6.50. The van der Waals surface area contributed by atoms with E-state index in [1.807, 2.05) is 12.4 Å². The molecule has 1 aliphatic rings. The highest BCUT2D eigenvalue weighted by Crippen LogP contribution is 2.26. The summed E-state index contributed by atoms with van der Waals surface area (Å²) in [4.78, 5) is 6.84. The Morgan fingerprint density at radius 2 is 2.24 bits per heavy atom. The van der Waals surface area contributed by atoms with Crippen LogP contribution in [0.15, 0.2) is 18.5 Å². The van der Waals surface area contributed by atoms with Gasteiger partial charge < -0.3 is 0 Å². The summed E-state index contributed by atoms with van der Waals surface area (Å²) in [5, 5.41) is 0. The maximum absolute atomic E-state index is 5.80. The average Bonchev–Trinajstić information content (AvgIpc) is 2.23. The van der Waals surface area contributed by atoms with E-state index in [1.54, 1.807) is 0 Å². The van der Waals surface area contributed by atoms with Crippen LogP contribution in [0, 0.1) is 6.92 Å². The molecule has 0 unspecified atom stereocenters. The lowest BCUT2D eigenvalue weighted by molar-refractivity contribution is 0.120. The van der Waals surface area contributed by atoms with E-state index in [0.717, 1.165) is 31.4 Å². The third-order valence-electron chi connectivity index (χ3n) is 3.49. The van der Waals surface area contributed by atoms with E-state index in [2.05, 4.69) is 22.9 Å². The topological polar surface area (TPSA) is 16.1 Å². The third-order valence-corrected chi connectivity index (χ3v) is 3.75. The normalized spacial score (nSPS) is 16.2. The number of aryl methyl sites for hydroxylation is 1. The fourth-order valence-corrected chi connectivity index (χ4v) is 2.46. The van der Waals surface area contributed by atoms with Crippen LogP contribution in [0.5, 0.6) is 0 Å². The minimum Gasteiger partial charge on any atom is -0.296 e. The summed E-state index contributed by atoms with van der Waals surface area (Å²) in [6.07, 6.45) is 9.06. The predicted octanol–water partition coefficient (Wildman–Crippen LogP) is 3.37. The van der Waals surface area contributed by atoms with Gasteiger partial charge in [0.25, 0.3) is 0 Å². The maximum Gasteiger partial charge on any atom is 0.0313 e. The molecule has 0 saturated heterocycles. The Bertz CT molecular complexity index is 350. The van der Waals surface area contributed by atoms with Crippen molar-refractivity contribution in [1.82, 2.24) is 9.88 Å². The molecular formula is C14H21ClN2. The van der Waals surface area contributed by atoms with Gasteiger partial charge in [-0.3, -0.25) is 9.88 Å². The lowest BCUT2D eigenvalue weighted by atomic mass is 9.91. The number of alkyl halides is 1. The van der Waals surface area contributed by atoms with E-state index in [4.69, 9.17) is 11.6 Å². The molecule has 1 aliphatic carbocycles. The first kappa shape index (κ1) is 12.8. The molecule has 94 valence electrons. The number of halogens is 1. The van der Waals surface area contributed by atoms with Crippen molar-refractivity contribution in [1.29, 1.82) is 0 Å². The van der Waals surface area contributed by atoms with Crippen LogP contribution < -0.4 is 0 Å². The highest BCUT2D eigenvalue weighted by Gasteiger charge is 2.24. The number of pyridine rings is 1. The molecule has 17 heavy (non-hydrogen) atoms. The second-order valence-corrected chi connectivity index (χ2v) is 5.35. The van der Waals surface area contributed by atoms with E-state index < -0.39 is 0 Å². The van der Waals surface area contributed by atoms with Gasteiger partial charge in [-0.05, 0) is 43.9 Å². The van der Waals surface area contributed by atoms with E-state index in [-0.39, 0.29) is 0 Å². The van der Waals surface area contributed by atoms with Crippen molar-refractivity contribution >= 4 is 11.6 Å². The molecular weight excluding hydrogens is 232 g/mol. The molecule has 1 aromatic rings. The van der Waals surface area contributed by atoms with Crippen LogP contribution >= 0.6 is 11.6 Å². The molecule has 0 amide bonds. The standard InChI is InChI=1S/C14H21ClN2/c1-12-8-13(10-16-9-12)11-17(7-3-6-15)14-4-2-5-14/h8-10,14H,2-7,11H2,1H3. The molecule has 1 aromatic heterocycles. The summed E-state index contributed by atoms with van der Waals surface area (Å²) >= 11 is 5.80. The smallest absolute Gasteiger partial charge is 0.0313 e. The Hall–Kier alpha value is -0.600. The summed E-state index contributed by atoms with van der Waals surface area (Å²) in [5.41, 5.74) is 2.57. The minimum absolute atomic E-state index is 0.759. The van der Waals surface area contributed by atoms with Crippen LogP contribution in [0.25, 0.3) is 0 Å². The fraction of sp³-hybridized carbons (Fsp3) is 0.643. The highest BCUT2D eigenvalue weighted by molar-refractivity contribution is 6.17. The zero-order chi connectivity index (χ0) is 12.1. The zero-order valence-electron chi connectivity index (χ0n) is 10.5. The number of hydrogen-bond donors (Lipinski definition) is 0. The van der Waals surface area contributed by atoms with Crippen molar-refractivity contribution in [3.05, 3.63) is 29.6 Å². The van der Waals surface area contributed by atoms with Gasteiger partial charge in [0.2, 0.25) is 0 Å². The van der Waals surface area contributed by atoms with Crippen molar-refractivity contribution in [2.45, 2.75) is 45.2 Å². The summed E-state index contributed by atoms with van der Waals surface area (Å²) in [7, 11) is 0. The van der Waals surface area contributed by atoms with Gasteiger partial charge in [0, 0.05) is 30.9 Å². The number of aromatic nitrogens is 1. The Balaban J connectivity index is 1.95. The van der Waals surface area contributed by atoms with E-state index in [1.165, 1.54) is 30.4 Å². The van der Waals surface area contributed by atoms with E-state index in [9.17, 15) is 0 Å². The number of hydrogen-bond acceptors (Lipinski definition) is 2. The lowest BCUT2D eigenvalue weighted by Gasteiger charge is -2.37. The van der Waals surface area contributed by atoms with Crippen molar-refractivity contribution in [3.8, 4) is 0 Å². The Kier molecular flexibility index (Phi) is 4.81. The molecule has 0 bridgehead atoms. The number of rotatable bonds is 6. The molecule has 0 aromatic carbocycles. The Morgan fingerprint density at radius 3 is 2.82 bits per heavy atom. The fourth-order valence-electron chi connectivity index (χ4n) is 2.34. The first-order valence-corrected chi connectivity index (χ1v) is 7.03. The van der Waals surface area contributed by atoms with Crippen LogP contribution in [0.4, 0.5) is 0 Å². The molecule has 2 nitrogen and oxygen atoms in total. The molecule has 3 heteroatoms. The molecule has 2 rings (SSSR count). The third kappa shape index (κ3) is 3.68. The molecule has 0 N–H and O–H groups in total. The van der Waals surface area contributed by atoms with Crippen LogP contribution in [-0.2, 0) is 6.54 Å². The van der Waals surface area contributed by atoms with Crippen LogP contribution in [0.3, 0.4) is 0 Å². The monoisotopic (exact) mass is 252 g/mol. The van der Waals surface area contributed by atoms with Gasteiger partial charge in [0.05, 0.1) is 0 Å². The summed E-state index contributed by atoms with van der Waals surface area (Å²) in [6, 6.07) is 3.01. The summed E-state index contributed by atoms with van der Waals surface area (Å²) < 4.78 is 0. The molecule has 1 heterocycles. The zero-order valence-corrected chi connectivity index (χ0v) is 11.3. The molecule has 1 fully saturated rings. The van der Waals surface area contributed by atoms with Crippen molar-refractivity contribution < 1.29 is 0 Å². The summed E-state index contributed by atoms with van der Waals surface area (Å²) in [6.45, 7) is 4.24. The average molecular weight is 253 g/mol. The van der Waals surface area contributed by atoms with Gasteiger partial charge in [0.15, 0.2) is 0 Å². The molecule has 0 atom stereocenters. The van der Waals surface area contributed by atoms with Crippen molar-refractivity contribution in [2.24, 2.45) is 0 Å².